The molecular formula is C15H21NO2. The van der Waals surface area contributed by atoms with E-state index in [0.29, 0.717) is 6.04 Å². The molecule has 2 fully saturated rings. The quantitative estimate of drug-likeness (QED) is 0.890. The number of hydrogen-bond acceptors (Lipinski definition) is 3. The maximum atomic E-state index is 6.13. The van der Waals surface area contributed by atoms with Crippen LogP contribution in [0.4, 0.5) is 0 Å². The van der Waals surface area contributed by atoms with Crippen LogP contribution >= 0.6 is 0 Å². The molecule has 3 nitrogen and oxygen atoms in total. The standard InChI is InChI=1S/C15H21NO2/c1-2-8-15(18-12-5-4-10-17-11-12)13(6-1)14-7-3-9-16-14/h1-2,6,8,12,14,16H,3-5,7,9-11H2. The van der Waals surface area contributed by atoms with Gasteiger partial charge in [-0.1, -0.05) is 18.2 Å². The van der Waals surface area contributed by atoms with Gasteiger partial charge in [0, 0.05) is 18.2 Å². The van der Waals surface area contributed by atoms with E-state index in [4.69, 9.17) is 9.47 Å². The maximum absolute atomic E-state index is 6.13. The Labute approximate surface area is 108 Å². The predicted molar refractivity (Wildman–Crippen MR) is 70.9 cm³/mol. The summed E-state index contributed by atoms with van der Waals surface area (Å²) in [5.41, 5.74) is 1.31. The monoisotopic (exact) mass is 247 g/mol. The topological polar surface area (TPSA) is 30.5 Å². The van der Waals surface area contributed by atoms with Gasteiger partial charge < -0.3 is 14.8 Å². The van der Waals surface area contributed by atoms with Gasteiger partial charge in [-0.2, -0.15) is 0 Å². The first-order chi connectivity index (χ1) is 8.93. The number of nitrogens with one attached hydrogen (secondary N) is 1. The van der Waals surface area contributed by atoms with Gasteiger partial charge in [-0.05, 0) is 38.3 Å². The molecule has 2 saturated heterocycles. The molecule has 0 saturated carbocycles. The molecule has 2 aliphatic rings. The number of benzene rings is 1. The van der Waals surface area contributed by atoms with E-state index < -0.39 is 0 Å². The fourth-order valence-corrected chi connectivity index (χ4v) is 2.81. The Morgan fingerprint density at radius 2 is 2.11 bits per heavy atom. The highest BCUT2D eigenvalue weighted by atomic mass is 16.5. The fraction of sp³-hybridized carbons (Fsp3) is 0.600. The van der Waals surface area contributed by atoms with Crippen molar-refractivity contribution in [1.82, 2.24) is 5.32 Å². The summed E-state index contributed by atoms with van der Waals surface area (Å²) in [6, 6.07) is 8.88. The Hall–Kier alpha value is -1.06. The Morgan fingerprint density at radius 1 is 1.17 bits per heavy atom. The summed E-state index contributed by atoms with van der Waals surface area (Å²) in [6.07, 6.45) is 4.90. The lowest BCUT2D eigenvalue weighted by molar-refractivity contribution is 0.00687. The zero-order valence-corrected chi connectivity index (χ0v) is 10.7. The molecule has 2 heterocycles. The molecule has 3 rings (SSSR count). The minimum atomic E-state index is 0.223. The van der Waals surface area contributed by atoms with Crippen molar-refractivity contribution in [1.29, 1.82) is 0 Å². The summed E-state index contributed by atoms with van der Waals surface area (Å²) in [5.74, 6) is 1.03. The largest absolute Gasteiger partial charge is 0.488 e. The van der Waals surface area contributed by atoms with Crippen LogP contribution in [0.25, 0.3) is 0 Å². The zero-order valence-electron chi connectivity index (χ0n) is 10.7. The van der Waals surface area contributed by atoms with Crippen molar-refractivity contribution in [2.45, 2.75) is 37.8 Å². The van der Waals surface area contributed by atoms with Crippen LogP contribution < -0.4 is 10.1 Å². The second kappa shape index (κ2) is 5.72. The van der Waals surface area contributed by atoms with Crippen molar-refractivity contribution in [3.05, 3.63) is 29.8 Å². The summed E-state index contributed by atoms with van der Waals surface area (Å²) in [4.78, 5) is 0. The average molecular weight is 247 g/mol. The predicted octanol–water partition coefficient (Wildman–Crippen LogP) is 2.67. The first-order valence-corrected chi connectivity index (χ1v) is 7.00. The van der Waals surface area contributed by atoms with E-state index in [-0.39, 0.29) is 6.10 Å². The van der Waals surface area contributed by atoms with E-state index in [1.807, 2.05) is 0 Å². The average Bonchev–Trinajstić information content (AvgIpc) is 2.94. The van der Waals surface area contributed by atoms with E-state index in [9.17, 15) is 0 Å². The first kappa shape index (κ1) is 12.0. The van der Waals surface area contributed by atoms with Crippen LogP contribution in [0.15, 0.2) is 24.3 Å². The highest BCUT2D eigenvalue weighted by Crippen LogP contribution is 2.31. The van der Waals surface area contributed by atoms with Crippen LogP contribution in [0.1, 0.15) is 37.3 Å². The lowest BCUT2D eigenvalue weighted by Gasteiger charge is -2.25. The molecule has 1 aromatic carbocycles. The van der Waals surface area contributed by atoms with Crippen LogP contribution in [0.2, 0.25) is 0 Å². The first-order valence-electron chi connectivity index (χ1n) is 7.00. The fourth-order valence-electron chi connectivity index (χ4n) is 2.81. The highest BCUT2D eigenvalue weighted by Gasteiger charge is 2.22. The van der Waals surface area contributed by atoms with Crippen LogP contribution in [0.3, 0.4) is 0 Å². The third-order valence-electron chi connectivity index (χ3n) is 3.77. The molecule has 0 aliphatic carbocycles. The summed E-state index contributed by atoms with van der Waals surface area (Å²) in [7, 11) is 0. The minimum absolute atomic E-state index is 0.223. The van der Waals surface area contributed by atoms with Crippen LogP contribution in [0, 0.1) is 0 Å². The molecule has 2 aliphatic heterocycles. The van der Waals surface area contributed by atoms with E-state index in [1.54, 1.807) is 0 Å². The van der Waals surface area contributed by atoms with E-state index in [1.165, 1.54) is 18.4 Å². The van der Waals surface area contributed by atoms with Gasteiger partial charge in [-0.15, -0.1) is 0 Å². The lowest BCUT2D eigenvalue weighted by Crippen LogP contribution is -2.28. The van der Waals surface area contributed by atoms with E-state index in [0.717, 1.165) is 38.3 Å². The summed E-state index contributed by atoms with van der Waals surface area (Å²) < 4.78 is 11.6. The molecule has 1 aromatic rings. The second-order valence-corrected chi connectivity index (χ2v) is 5.14. The molecule has 0 radical (unpaired) electrons. The Morgan fingerprint density at radius 3 is 2.89 bits per heavy atom. The normalized spacial score (nSPS) is 28.2. The third-order valence-corrected chi connectivity index (χ3v) is 3.77. The van der Waals surface area contributed by atoms with Gasteiger partial charge in [-0.3, -0.25) is 0 Å². The van der Waals surface area contributed by atoms with Gasteiger partial charge in [0.05, 0.1) is 6.61 Å². The molecule has 1 N–H and O–H groups in total. The van der Waals surface area contributed by atoms with Crippen molar-refractivity contribution in [3.8, 4) is 5.75 Å². The summed E-state index contributed by atoms with van der Waals surface area (Å²) in [6.45, 7) is 2.73. The molecule has 18 heavy (non-hydrogen) atoms. The number of hydrogen-bond donors (Lipinski definition) is 1. The van der Waals surface area contributed by atoms with Crippen LogP contribution in [-0.2, 0) is 4.74 Å². The molecule has 0 spiro atoms. The van der Waals surface area contributed by atoms with Crippen molar-refractivity contribution in [3.63, 3.8) is 0 Å². The van der Waals surface area contributed by atoms with Crippen molar-refractivity contribution >= 4 is 0 Å². The second-order valence-electron chi connectivity index (χ2n) is 5.14. The molecule has 2 unspecified atom stereocenters. The van der Waals surface area contributed by atoms with Gasteiger partial charge >= 0.3 is 0 Å². The Bertz CT molecular complexity index is 382. The van der Waals surface area contributed by atoms with Gasteiger partial charge in [0.1, 0.15) is 11.9 Å². The van der Waals surface area contributed by atoms with Crippen LogP contribution in [0.5, 0.6) is 5.75 Å². The Kier molecular flexibility index (Phi) is 3.81. The van der Waals surface area contributed by atoms with Gasteiger partial charge in [0.2, 0.25) is 0 Å². The molecule has 0 aromatic heterocycles. The minimum Gasteiger partial charge on any atom is -0.488 e. The van der Waals surface area contributed by atoms with E-state index in [2.05, 4.69) is 29.6 Å². The van der Waals surface area contributed by atoms with Crippen molar-refractivity contribution < 1.29 is 9.47 Å². The third kappa shape index (κ3) is 2.68. The lowest BCUT2D eigenvalue weighted by atomic mass is 10.0. The molecule has 0 bridgehead atoms. The smallest absolute Gasteiger partial charge is 0.124 e. The molecule has 98 valence electrons. The van der Waals surface area contributed by atoms with Crippen LogP contribution in [-0.4, -0.2) is 25.9 Å². The molecule has 0 amide bonds. The van der Waals surface area contributed by atoms with Gasteiger partial charge in [0.15, 0.2) is 0 Å². The van der Waals surface area contributed by atoms with Gasteiger partial charge in [-0.25, -0.2) is 0 Å². The van der Waals surface area contributed by atoms with Crippen molar-refractivity contribution in [2.75, 3.05) is 19.8 Å². The number of para-hydroxylation sites is 1. The molecule has 3 heteroatoms. The molecule has 2 atom stereocenters. The summed E-state index contributed by atoms with van der Waals surface area (Å²) in [5, 5.41) is 3.54. The SMILES string of the molecule is c1ccc(C2CCCN2)c(OC2CCCOC2)c1. The maximum Gasteiger partial charge on any atom is 0.124 e. The van der Waals surface area contributed by atoms with Crippen molar-refractivity contribution in [2.24, 2.45) is 0 Å². The molecular weight excluding hydrogens is 226 g/mol. The van der Waals surface area contributed by atoms with Gasteiger partial charge in [0.25, 0.3) is 0 Å². The Balaban J connectivity index is 1.73. The number of rotatable bonds is 3. The number of ether oxygens (including phenoxy) is 2. The summed E-state index contributed by atoms with van der Waals surface area (Å²) >= 11 is 0. The zero-order chi connectivity index (χ0) is 12.2. The highest BCUT2D eigenvalue weighted by molar-refractivity contribution is 5.36. The van der Waals surface area contributed by atoms with E-state index >= 15 is 0 Å².